The van der Waals surface area contributed by atoms with Crippen LogP contribution < -0.4 is 4.72 Å². The maximum atomic E-state index is 13.0. The van der Waals surface area contributed by atoms with E-state index in [0.29, 0.717) is 5.89 Å². The average Bonchev–Trinajstić information content (AvgIpc) is 3.33. The van der Waals surface area contributed by atoms with Crippen molar-refractivity contribution in [1.82, 2.24) is 24.9 Å². The van der Waals surface area contributed by atoms with Crippen LogP contribution in [-0.4, -0.2) is 28.9 Å². The summed E-state index contributed by atoms with van der Waals surface area (Å²) in [6.45, 7) is 1.82. The number of benzene rings is 1. The molecule has 144 valence electrons. The van der Waals surface area contributed by atoms with E-state index in [1.807, 2.05) is 25.1 Å². The van der Waals surface area contributed by atoms with Gasteiger partial charge in [-0.3, -0.25) is 4.21 Å². The number of rotatable bonds is 6. The standard InChI is InChI=1S/C17H14FN5O3S2/c1-9(16-23-22-15(26-16)8-20-28(24)25)17-21-12-4-2-10(6-13(12)27-17)11-3-5-14(18)19-7-11/h2-7,9,20H,8H2,1H3,(H,24,25)/p-1. The summed E-state index contributed by atoms with van der Waals surface area (Å²) in [6, 6.07) is 8.78. The minimum atomic E-state index is -2.40. The van der Waals surface area contributed by atoms with Gasteiger partial charge in [-0.05, 0) is 36.8 Å². The Labute approximate surface area is 165 Å². The van der Waals surface area contributed by atoms with E-state index in [1.54, 1.807) is 6.07 Å². The van der Waals surface area contributed by atoms with Crippen LogP contribution in [0.4, 0.5) is 4.39 Å². The summed E-state index contributed by atoms with van der Waals surface area (Å²) >= 11 is -0.905. The molecule has 1 N–H and O–H groups in total. The lowest BCUT2D eigenvalue weighted by atomic mass is 10.1. The highest BCUT2D eigenvalue weighted by Gasteiger charge is 2.20. The topological polar surface area (TPSA) is 117 Å². The van der Waals surface area contributed by atoms with Crippen LogP contribution in [0.3, 0.4) is 0 Å². The molecule has 8 nitrogen and oxygen atoms in total. The van der Waals surface area contributed by atoms with E-state index >= 15 is 0 Å². The Morgan fingerprint density at radius 1 is 1.29 bits per heavy atom. The molecule has 2 unspecified atom stereocenters. The fraction of sp³-hybridized carbons (Fsp3) is 0.176. The molecular formula is C17H13FN5O3S2-. The summed E-state index contributed by atoms with van der Waals surface area (Å²) in [5.41, 5.74) is 2.56. The molecule has 3 aromatic heterocycles. The number of nitrogens with zero attached hydrogens (tertiary/aromatic N) is 4. The Kier molecular flexibility index (Phi) is 5.22. The van der Waals surface area contributed by atoms with E-state index in [0.717, 1.165) is 26.4 Å². The predicted molar refractivity (Wildman–Crippen MR) is 100 cm³/mol. The van der Waals surface area contributed by atoms with Crippen LogP contribution in [-0.2, 0) is 17.8 Å². The van der Waals surface area contributed by atoms with Crippen molar-refractivity contribution in [2.45, 2.75) is 19.4 Å². The highest BCUT2D eigenvalue weighted by Crippen LogP contribution is 2.33. The van der Waals surface area contributed by atoms with Gasteiger partial charge in [-0.2, -0.15) is 4.39 Å². The average molecular weight is 418 g/mol. The van der Waals surface area contributed by atoms with E-state index in [2.05, 4.69) is 24.9 Å². The molecule has 4 aromatic rings. The minimum Gasteiger partial charge on any atom is -0.760 e. The summed E-state index contributed by atoms with van der Waals surface area (Å²) in [5, 5.41) is 8.61. The maximum Gasteiger partial charge on any atom is 0.231 e. The summed E-state index contributed by atoms with van der Waals surface area (Å²) in [5.74, 6) is -0.226. The Morgan fingerprint density at radius 3 is 2.86 bits per heavy atom. The summed E-state index contributed by atoms with van der Waals surface area (Å²) in [7, 11) is 0. The van der Waals surface area contributed by atoms with Gasteiger partial charge in [0.25, 0.3) is 0 Å². The first kappa shape index (κ1) is 18.7. The molecule has 0 aliphatic carbocycles. The summed E-state index contributed by atoms with van der Waals surface area (Å²) in [6.07, 6.45) is 1.49. The van der Waals surface area contributed by atoms with Crippen molar-refractivity contribution < 1.29 is 17.6 Å². The van der Waals surface area contributed by atoms with Crippen LogP contribution in [0.5, 0.6) is 0 Å². The molecule has 0 bridgehead atoms. The first-order valence-electron chi connectivity index (χ1n) is 8.17. The number of fused-ring (bicyclic) bond motifs is 1. The van der Waals surface area contributed by atoms with Crippen LogP contribution in [0, 0.1) is 5.95 Å². The van der Waals surface area contributed by atoms with E-state index in [-0.39, 0.29) is 18.4 Å². The summed E-state index contributed by atoms with van der Waals surface area (Å²) in [4.78, 5) is 8.31. The van der Waals surface area contributed by atoms with Gasteiger partial charge < -0.3 is 8.97 Å². The third-order valence-corrected chi connectivity index (χ3v) is 5.61. The molecule has 3 heterocycles. The molecule has 28 heavy (non-hydrogen) atoms. The molecule has 0 radical (unpaired) electrons. The smallest absolute Gasteiger partial charge is 0.231 e. The number of hydrogen-bond acceptors (Lipinski definition) is 8. The number of aromatic nitrogens is 4. The lowest BCUT2D eigenvalue weighted by Gasteiger charge is -2.03. The van der Waals surface area contributed by atoms with Crippen LogP contribution in [0.15, 0.2) is 40.9 Å². The SMILES string of the molecule is CC(c1nnc(CNS(=O)[O-])o1)c1nc2ccc(-c3ccc(F)nc3)cc2s1. The van der Waals surface area contributed by atoms with E-state index in [9.17, 15) is 13.2 Å². The van der Waals surface area contributed by atoms with Crippen molar-refractivity contribution in [3.8, 4) is 11.1 Å². The highest BCUT2D eigenvalue weighted by molar-refractivity contribution is 7.77. The van der Waals surface area contributed by atoms with E-state index in [1.165, 1.54) is 23.6 Å². The zero-order valence-electron chi connectivity index (χ0n) is 14.5. The van der Waals surface area contributed by atoms with Crippen molar-refractivity contribution in [3.63, 3.8) is 0 Å². The second-order valence-electron chi connectivity index (χ2n) is 5.92. The van der Waals surface area contributed by atoms with Crippen LogP contribution in [0.1, 0.15) is 29.6 Å². The van der Waals surface area contributed by atoms with Gasteiger partial charge in [-0.25, -0.2) is 14.7 Å². The Morgan fingerprint density at radius 2 is 2.11 bits per heavy atom. The van der Waals surface area contributed by atoms with Gasteiger partial charge in [0.05, 0.1) is 22.7 Å². The monoisotopic (exact) mass is 418 g/mol. The van der Waals surface area contributed by atoms with E-state index in [4.69, 9.17) is 4.42 Å². The number of halogens is 1. The van der Waals surface area contributed by atoms with Gasteiger partial charge in [0, 0.05) is 23.0 Å². The molecule has 4 rings (SSSR count). The molecule has 11 heteroatoms. The Hall–Kier alpha value is -2.60. The van der Waals surface area contributed by atoms with Crippen molar-refractivity contribution >= 4 is 32.8 Å². The molecule has 0 fully saturated rings. The zero-order valence-corrected chi connectivity index (χ0v) is 16.1. The molecule has 0 saturated carbocycles. The van der Waals surface area contributed by atoms with Crippen molar-refractivity contribution in [2.24, 2.45) is 0 Å². The second kappa shape index (κ2) is 7.80. The lowest BCUT2D eigenvalue weighted by molar-refractivity contribution is 0.431. The molecule has 0 aliphatic rings. The maximum absolute atomic E-state index is 13.0. The highest BCUT2D eigenvalue weighted by atomic mass is 32.2. The van der Waals surface area contributed by atoms with Crippen molar-refractivity contribution in [2.75, 3.05) is 0 Å². The quantitative estimate of drug-likeness (QED) is 0.378. The number of thiazole rings is 1. The van der Waals surface area contributed by atoms with Gasteiger partial charge in [0.2, 0.25) is 17.7 Å². The first-order chi connectivity index (χ1) is 13.5. The third kappa shape index (κ3) is 3.97. The van der Waals surface area contributed by atoms with Crippen molar-refractivity contribution in [1.29, 1.82) is 0 Å². The van der Waals surface area contributed by atoms with Crippen molar-refractivity contribution in [3.05, 3.63) is 59.3 Å². The third-order valence-electron chi connectivity index (χ3n) is 4.03. The molecule has 1 aromatic carbocycles. The minimum absolute atomic E-state index is 0.0647. The Bertz CT molecular complexity index is 1150. The molecule has 0 spiro atoms. The van der Waals surface area contributed by atoms with Gasteiger partial charge in [0.15, 0.2) is 0 Å². The van der Waals surface area contributed by atoms with Gasteiger partial charge >= 0.3 is 0 Å². The first-order valence-corrected chi connectivity index (χ1v) is 10.1. The molecule has 0 saturated heterocycles. The predicted octanol–water partition coefficient (Wildman–Crippen LogP) is 2.92. The summed E-state index contributed by atoms with van der Waals surface area (Å²) < 4.78 is 42.8. The molecular weight excluding hydrogens is 405 g/mol. The van der Waals surface area contributed by atoms with Gasteiger partial charge in [0.1, 0.15) is 5.01 Å². The number of hydrogen-bond donors (Lipinski definition) is 1. The largest absolute Gasteiger partial charge is 0.760 e. The zero-order chi connectivity index (χ0) is 19.7. The molecule has 0 aliphatic heterocycles. The van der Waals surface area contributed by atoms with Gasteiger partial charge in [-0.15, -0.1) is 21.5 Å². The normalized spacial score (nSPS) is 13.7. The Balaban J connectivity index is 1.59. The fourth-order valence-electron chi connectivity index (χ4n) is 2.59. The van der Waals surface area contributed by atoms with E-state index < -0.39 is 17.2 Å². The molecule has 0 amide bonds. The second-order valence-corrected chi connectivity index (χ2v) is 7.74. The number of pyridine rings is 1. The van der Waals surface area contributed by atoms with Gasteiger partial charge in [-0.1, -0.05) is 6.07 Å². The fourth-order valence-corrected chi connectivity index (χ4v) is 3.89. The van der Waals surface area contributed by atoms with Crippen LogP contribution >= 0.6 is 11.3 Å². The van der Waals surface area contributed by atoms with Crippen LogP contribution in [0.25, 0.3) is 21.3 Å². The number of nitrogens with one attached hydrogen (secondary N) is 1. The van der Waals surface area contributed by atoms with Crippen LogP contribution in [0.2, 0.25) is 0 Å². The lowest BCUT2D eigenvalue weighted by Crippen LogP contribution is -2.15. The molecule has 2 atom stereocenters.